The van der Waals surface area contributed by atoms with Crippen molar-refractivity contribution in [1.29, 1.82) is 0 Å². The zero-order chi connectivity index (χ0) is 30.7. The SMILES string of the molecule is CN(CCCN1C(=O)C(OCCO)SC1c1cc(C(C)(C)C)c(O)c(C(C)(C)C)c1)CCOc1ccc2c(c1)OOC2. The van der Waals surface area contributed by atoms with E-state index >= 15 is 0 Å². The third-order valence-corrected chi connectivity index (χ3v) is 8.87. The maximum Gasteiger partial charge on any atom is 0.263 e. The van der Waals surface area contributed by atoms with Crippen LogP contribution in [0.5, 0.6) is 17.2 Å². The highest BCUT2D eigenvalue weighted by Crippen LogP contribution is 2.48. The van der Waals surface area contributed by atoms with Crippen molar-refractivity contribution in [1.82, 2.24) is 9.80 Å². The number of aromatic hydroxyl groups is 1. The molecule has 0 aliphatic carbocycles. The van der Waals surface area contributed by atoms with E-state index in [0.717, 1.165) is 47.5 Å². The van der Waals surface area contributed by atoms with Gasteiger partial charge in [0.05, 0.1) is 13.2 Å². The van der Waals surface area contributed by atoms with Crippen LogP contribution in [0.15, 0.2) is 30.3 Å². The average Bonchev–Trinajstić information content (AvgIpc) is 3.50. The van der Waals surface area contributed by atoms with E-state index in [4.69, 9.17) is 19.2 Å². The first-order chi connectivity index (χ1) is 19.8. The highest BCUT2D eigenvalue weighted by Gasteiger charge is 2.42. The van der Waals surface area contributed by atoms with Gasteiger partial charge in [-0.15, -0.1) is 0 Å². The van der Waals surface area contributed by atoms with Gasteiger partial charge < -0.3 is 34.4 Å². The maximum atomic E-state index is 13.5. The lowest BCUT2D eigenvalue weighted by Crippen LogP contribution is -2.35. The predicted octanol–water partition coefficient (Wildman–Crippen LogP) is 5.12. The van der Waals surface area contributed by atoms with Crippen LogP contribution in [0, 0.1) is 0 Å². The lowest BCUT2D eigenvalue weighted by atomic mass is 9.78. The molecule has 2 aliphatic heterocycles. The molecule has 0 radical (unpaired) electrons. The molecule has 0 saturated carbocycles. The second-order valence-corrected chi connectivity index (χ2v) is 14.2. The number of hydrogen-bond acceptors (Lipinski definition) is 9. The van der Waals surface area contributed by atoms with Gasteiger partial charge in [-0.1, -0.05) is 53.3 Å². The quantitative estimate of drug-likeness (QED) is 0.321. The van der Waals surface area contributed by atoms with Crippen molar-refractivity contribution in [3.8, 4) is 17.2 Å². The van der Waals surface area contributed by atoms with Crippen LogP contribution in [0.4, 0.5) is 0 Å². The third kappa shape index (κ3) is 7.71. The van der Waals surface area contributed by atoms with E-state index in [1.165, 1.54) is 11.8 Å². The van der Waals surface area contributed by atoms with E-state index in [1.807, 2.05) is 42.3 Å². The molecule has 2 N–H and O–H groups in total. The number of aliphatic hydroxyl groups excluding tert-OH is 1. The summed E-state index contributed by atoms with van der Waals surface area (Å²) in [4.78, 5) is 27.7. The van der Waals surface area contributed by atoms with Crippen LogP contribution in [0.3, 0.4) is 0 Å². The smallest absolute Gasteiger partial charge is 0.263 e. The number of hydrogen-bond donors (Lipinski definition) is 2. The Hall–Kier alpha value is -2.50. The van der Waals surface area contributed by atoms with Crippen molar-refractivity contribution in [3.05, 3.63) is 52.6 Å². The minimum atomic E-state index is -0.681. The molecule has 4 rings (SSSR count). The molecule has 2 heterocycles. The minimum absolute atomic E-state index is 0.0880. The lowest BCUT2D eigenvalue weighted by molar-refractivity contribution is -0.194. The average molecular weight is 603 g/mol. The van der Waals surface area contributed by atoms with Crippen molar-refractivity contribution in [3.63, 3.8) is 0 Å². The van der Waals surface area contributed by atoms with Gasteiger partial charge in [0.1, 0.15) is 30.1 Å². The molecule has 0 aromatic heterocycles. The van der Waals surface area contributed by atoms with Crippen molar-refractivity contribution in [2.75, 3.05) is 46.5 Å². The molecule has 1 fully saturated rings. The Labute approximate surface area is 254 Å². The summed E-state index contributed by atoms with van der Waals surface area (Å²) in [6, 6.07) is 9.78. The van der Waals surface area contributed by atoms with E-state index in [2.05, 4.69) is 46.4 Å². The van der Waals surface area contributed by atoms with Gasteiger partial charge in [-0.25, -0.2) is 0 Å². The number of rotatable bonds is 12. The number of ether oxygens (including phenoxy) is 2. The number of thioether (sulfide) groups is 1. The number of benzene rings is 2. The molecule has 10 heteroatoms. The van der Waals surface area contributed by atoms with Gasteiger partial charge in [-0.2, -0.15) is 4.89 Å². The standard InChI is InChI=1S/C32H46N2O7S/c1-31(2,3)24-17-22(18-25(27(24)36)32(4,5)6)29-34(28(37)30(42-29)39-16-14-35)12-8-11-33(7)13-15-38-23-10-9-21-20-40-41-26(21)19-23/h9-10,17-19,29-30,35-36H,8,11-16,20H2,1-7H3. The van der Waals surface area contributed by atoms with Crippen LogP contribution in [0.25, 0.3) is 0 Å². The van der Waals surface area contributed by atoms with Crippen LogP contribution in [-0.2, 0) is 31.9 Å². The van der Waals surface area contributed by atoms with Gasteiger partial charge >= 0.3 is 0 Å². The second kappa shape index (κ2) is 13.4. The molecule has 2 unspecified atom stereocenters. The number of likely N-dealkylation sites (N-methyl/N-ethyl adjacent to an activating group) is 1. The molecule has 0 bridgehead atoms. The number of aliphatic hydroxyl groups is 1. The van der Waals surface area contributed by atoms with E-state index in [0.29, 0.717) is 31.3 Å². The van der Waals surface area contributed by atoms with Crippen molar-refractivity contribution >= 4 is 17.7 Å². The van der Waals surface area contributed by atoms with E-state index in [-0.39, 0.29) is 35.3 Å². The topological polar surface area (TPSA) is 101 Å². The number of fused-ring (bicyclic) bond motifs is 1. The number of carbonyl (C=O) groups is 1. The predicted molar refractivity (Wildman–Crippen MR) is 164 cm³/mol. The molecule has 0 spiro atoms. The van der Waals surface area contributed by atoms with Crippen LogP contribution in [0.2, 0.25) is 0 Å². The Morgan fingerprint density at radius 2 is 1.74 bits per heavy atom. The summed E-state index contributed by atoms with van der Waals surface area (Å²) >= 11 is 1.45. The van der Waals surface area contributed by atoms with Crippen LogP contribution in [-0.4, -0.2) is 77.9 Å². The van der Waals surface area contributed by atoms with Crippen LogP contribution >= 0.6 is 11.8 Å². The van der Waals surface area contributed by atoms with Gasteiger partial charge in [-0.3, -0.25) is 4.79 Å². The van der Waals surface area contributed by atoms with Crippen molar-refractivity contribution < 1.29 is 34.3 Å². The summed E-state index contributed by atoms with van der Waals surface area (Å²) in [6.07, 6.45) is 0.770. The maximum absolute atomic E-state index is 13.5. The van der Waals surface area contributed by atoms with E-state index < -0.39 is 5.44 Å². The number of phenols is 1. The Balaban J connectivity index is 1.43. The summed E-state index contributed by atoms with van der Waals surface area (Å²) in [5.74, 6) is 1.66. The Bertz CT molecular complexity index is 1210. The number of amides is 1. The van der Waals surface area contributed by atoms with Crippen molar-refractivity contribution in [2.24, 2.45) is 0 Å². The molecule has 9 nitrogen and oxygen atoms in total. The first-order valence-corrected chi connectivity index (χ1v) is 15.5. The zero-order valence-electron chi connectivity index (χ0n) is 25.9. The Morgan fingerprint density at radius 3 is 2.38 bits per heavy atom. The van der Waals surface area contributed by atoms with Gasteiger partial charge in [0, 0.05) is 24.7 Å². The molecule has 2 aromatic rings. The summed E-state index contributed by atoms with van der Waals surface area (Å²) in [6.45, 7) is 15.5. The molecule has 232 valence electrons. The number of carbonyl (C=O) groups excluding carboxylic acids is 1. The molecular weight excluding hydrogens is 556 g/mol. The fourth-order valence-electron chi connectivity index (χ4n) is 5.12. The number of nitrogens with zero attached hydrogens (tertiary/aromatic N) is 2. The normalized spacial score (nSPS) is 19.0. The van der Waals surface area contributed by atoms with Gasteiger partial charge in [-0.05, 0) is 71.8 Å². The monoisotopic (exact) mass is 602 g/mol. The molecule has 1 amide bonds. The molecule has 2 aliphatic rings. The summed E-state index contributed by atoms with van der Waals surface area (Å²) in [5.41, 5.74) is 2.46. The zero-order valence-corrected chi connectivity index (χ0v) is 26.8. The second-order valence-electron chi connectivity index (χ2n) is 13.0. The van der Waals surface area contributed by atoms with Crippen LogP contribution in [0.1, 0.15) is 75.6 Å². The summed E-state index contributed by atoms with van der Waals surface area (Å²) < 4.78 is 11.7. The molecular formula is C32H46N2O7S. The Morgan fingerprint density at radius 1 is 1.05 bits per heavy atom. The highest BCUT2D eigenvalue weighted by molar-refractivity contribution is 8.01. The number of phenolic OH excluding ortho intramolecular Hbond substituents is 1. The summed E-state index contributed by atoms with van der Waals surface area (Å²) in [5, 5.41) is 20.3. The summed E-state index contributed by atoms with van der Waals surface area (Å²) in [7, 11) is 2.04. The van der Waals surface area contributed by atoms with Crippen molar-refractivity contribution in [2.45, 2.75) is 76.2 Å². The molecule has 42 heavy (non-hydrogen) atoms. The fourth-order valence-corrected chi connectivity index (χ4v) is 6.43. The van der Waals surface area contributed by atoms with Gasteiger partial charge in [0.15, 0.2) is 11.2 Å². The molecule has 2 aromatic carbocycles. The minimum Gasteiger partial charge on any atom is -0.507 e. The largest absolute Gasteiger partial charge is 0.507 e. The first kappa shape index (κ1) is 32.4. The first-order valence-electron chi connectivity index (χ1n) is 14.6. The van der Waals surface area contributed by atoms with Crippen LogP contribution < -0.4 is 9.62 Å². The molecule has 1 saturated heterocycles. The van der Waals surface area contributed by atoms with Gasteiger partial charge in [0.25, 0.3) is 5.91 Å². The lowest BCUT2D eigenvalue weighted by Gasteiger charge is -2.31. The fraction of sp³-hybridized carbons (Fsp3) is 0.594. The highest BCUT2D eigenvalue weighted by atomic mass is 32.2. The third-order valence-electron chi connectivity index (χ3n) is 7.50. The Kier molecular flexibility index (Phi) is 10.4. The van der Waals surface area contributed by atoms with E-state index in [9.17, 15) is 15.0 Å². The van der Waals surface area contributed by atoms with Gasteiger partial charge in [0.2, 0.25) is 0 Å². The molecule has 2 atom stereocenters. The van der Waals surface area contributed by atoms with E-state index in [1.54, 1.807) is 0 Å².